The average molecular weight is 304 g/mol. The number of sulfonamides is 1. The standard InChI is InChI=1S/C11H14ClN3O3S/c1-2-8(16)7-13-19(17,18)11-10(12)14-9-5-3-4-6-15(9)11/h3-6,8,13,16H,2,7H2,1H3. The molecule has 0 bridgehead atoms. The third-order valence-corrected chi connectivity index (χ3v) is 4.50. The predicted octanol–water partition coefficient (Wildman–Crippen LogP) is 1.04. The molecule has 0 amide bonds. The van der Waals surface area contributed by atoms with E-state index in [1.165, 1.54) is 4.40 Å². The molecule has 2 rings (SSSR count). The summed E-state index contributed by atoms with van der Waals surface area (Å²) in [7, 11) is -3.82. The Morgan fingerprint density at radius 2 is 2.26 bits per heavy atom. The van der Waals surface area contributed by atoms with Gasteiger partial charge in [0.05, 0.1) is 6.10 Å². The van der Waals surface area contributed by atoms with Crippen molar-refractivity contribution in [2.24, 2.45) is 0 Å². The van der Waals surface area contributed by atoms with Crippen LogP contribution >= 0.6 is 11.6 Å². The second-order valence-electron chi connectivity index (χ2n) is 4.05. The Morgan fingerprint density at radius 3 is 2.95 bits per heavy atom. The van der Waals surface area contributed by atoms with Crippen LogP contribution in [0.25, 0.3) is 5.65 Å². The van der Waals surface area contributed by atoms with Crippen molar-refractivity contribution in [2.45, 2.75) is 24.5 Å². The van der Waals surface area contributed by atoms with E-state index in [0.717, 1.165) is 0 Å². The topological polar surface area (TPSA) is 83.7 Å². The second kappa shape index (κ2) is 5.46. The van der Waals surface area contributed by atoms with E-state index in [-0.39, 0.29) is 16.7 Å². The summed E-state index contributed by atoms with van der Waals surface area (Å²) in [5, 5.41) is 9.21. The van der Waals surface area contributed by atoms with E-state index in [1.54, 1.807) is 31.3 Å². The van der Waals surface area contributed by atoms with Gasteiger partial charge in [-0.3, -0.25) is 4.40 Å². The summed E-state index contributed by atoms with van der Waals surface area (Å²) in [6.45, 7) is 1.70. The van der Waals surface area contributed by atoms with Crippen molar-refractivity contribution in [1.82, 2.24) is 14.1 Å². The first-order valence-corrected chi connectivity index (χ1v) is 7.62. The van der Waals surface area contributed by atoms with Gasteiger partial charge in [0, 0.05) is 12.7 Å². The fraction of sp³-hybridized carbons (Fsp3) is 0.364. The molecule has 0 aliphatic carbocycles. The van der Waals surface area contributed by atoms with E-state index in [9.17, 15) is 13.5 Å². The van der Waals surface area contributed by atoms with Crippen LogP contribution in [0.2, 0.25) is 5.15 Å². The van der Waals surface area contributed by atoms with E-state index in [0.29, 0.717) is 12.1 Å². The van der Waals surface area contributed by atoms with Crippen LogP contribution in [0.4, 0.5) is 0 Å². The Hall–Kier alpha value is -1.15. The molecule has 0 fully saturated rings. The number of aliphatic hydroxyl groups excluding tert-OH is 1. The molecular formula is C11H14ClN3O3S. The molecule has 2 aromatic rings. The number of pyridine rings is 1. The van der Waals surface area contributed by atoms with Crippen molar-refractivity contribution in [3.05, 3.63) is 29.5 Å². The summed E-state index contributed by atoms with van der Waals surface area (Å²) in [5.41, 5.74) is 0.448. The summed E-state index contributed by atoms with van der Waals surface area (Å²) in [6.07, 6.45) is 1.30. The maximum Gasteiger partial charge on any atom is 0.259 e. The van der Waals surface area contributed by atoms with Crippen LogP contribution < -0.4 is 4.72 Å². The Morgan fingerprint density at radius 1 is 1.53 bits per heavy atom. The van der Waals surface area contributed by atoms with Gasteiger partial charge in [0.15, 0.2) is 10.2 Å². The van der Waals surface area contributed by atoms with Crippen molar-refractivity contribution >= 4 is 27.3 Å². The Labute approximate surface area is 116 Å². The average Bonchev–Trinajstić information content (AvgIpc) is 2.72. The van der Waals surface area contributed by atoms with E-state index in [2.05, 4.69) is 9.71 Å². The van der Waals surface area contributed by atoms with Gasteiger partial charge < -0.3 is 5.11 Å². The molecule has 0 saturated carbocycles. The van der Waals surface area contributed by atoms with Crippen molar-refractivity contribution in [3.63, 3.8) is 0 Å². The number of fused-ring (bicyclic) bond motifs is 1. The lowest BCUT2D eigenvalue weighted by Gasteiger charge is -2.10. The van der Waals surface area contributed by atoms with Gasteiger partial charge in [-0.2, -0.15) is 0 Å². The van der Waals surface area contributed by atoms with E-state index in [1.807, 2.05) is 0 Å². The lowest BCUT2D eigenvalue weighted by molar-refractivity contribution is 0.174. The summed E-state index contributed by atoms with van der Waals surface area (Å²) >= 11 is 5.89. The first-order chi connectivity index (χ1) is 8.95. The molecule has 2 aromatic heterocycles. The lowest BCUT2D eigenvalue weighted by Crippen LogP contribution is -2.32. The van der Waals surface area contributed by atoms with Crippen LogP contribution in [0.15, 0.2) is 29.4 Å². The van der Waals surface area contributed by atoms with Crippen molar-refractivity contribution in [3.8, 4) is 0 Å². The van der Waals surface area contributed by atoms with Crippen LogP contribution in [-0.4, -0.2) is 35.6 Å². The minimum absolute atomic E-state index is 0.0603. The first kappa shape index (κ1) is 14.3. The summed E-state index contributed by atoms with van der Waals surface area (Å²) in [4.78, 5) is 3.97. The fourth-order valence-corrected chi connectivity index (χ4v) is 3.32. The zero-order valence-corrected chi connectivity index (χ0v) is 11.8. The van der Waals surface area contributed by atoms with Gasteiger partial charge in [0.25, 0.3) is 10.0 Å². The Balaban J connectivity index is 2.40. The summed E-state index contributed by atoms with van der Waals surface area (Å²) in [6, 6.07) is 5.08. The number of imidazole rings is 1. The van der Waals surface area contributed by atoms with Crippen molar-refractivity contribution < 1.29 is 13.5 Å². The van der Waals surface area contributed by atoms with Crippen LogP contribution in [0.3, 0.4) is 0 Å². The first-order valence-electron chi connectivity index (χ1n) is 5.76. The van der Waals surface area contributed by atoms with Gasteiger partial charge in [-0.05, 0) is 18.6 Å². The lowest BCUT2D eigenvalue weighted by atomic mass is 10.3. The second-order valence-corrected chi connectivity index (χ2v) is 6.09. The molecule has 0 aliphatic rings. The quantitative estimate of drug-likeness (QED) is 0.864. The largest absolute Gasteiger partial charge is 0.392 e. The number of halogens is 1. The molecule has 19 heavy (non-hydrogen) atoms. The molecule has 0 aliphatic heterocycles. The number of nitrogens with one attached hydrogen (secondary N) is 1. The molecule has 2 N–H and O–H groups in total. The van der Waals surface area contributed by atoms with Gasteiger partial charge in [-0.15, -0.1) is 0 Å². The van der Waals surface area contributed by atoms with Crippen LogP contribution in [0, 0.1) is 0 Å². The summed E-state index contributed by atoms with van der Waals surface area (Å²) in [5.74, 6) is 0. The highest BCUT2D eigenvalue weighted by molar-refractivity contribution is 7.89. The third-order valence-electron chi connectivity index (χ3n) is 2.68. The molecule has 8 heteroatoms. The SMILES string of the molecule is CCC(O)CNS(=O)(=O)c1c(Cl)nc2ccccn12. The molecule has 0 radical (unpaired) electrons. The number of aliphatic hydroxyl groups is 1. The Kier molecular flexibility index (Phi) is 4.10. The van der Waals surface area contributed by atoms with E-state index in [4.69, 9.17) is 11.6 Å². The number of rotatable bonds is 5. The van der Waals surface area contributed by atoms with Gasteiger partial charge in [-0.25, -0.2) is 18.1 Å². The van der Waals surface area contributed by atoms with Gasteiger partial charge in [0.2, 0.25) is 0 Å². The molecule has 0 aromatic carbocycles. The molecular weight excluding hydrogens is 290 g/mol. The van der Waals surface area contributed by atoms with Crippen molar-refractivity contribution in [1.29, 1.82) is 0 Å². The number of hydrogen-bond donors (Lipinski definition) is 2. The predicted molar refractivity (Wildman–Crippen MR) is 71.7 cm³/mol. The highest BCUT2D eigenvalue weighted by Gasteiger charge is 2.24. The molecule has 104 valence electrons. The molecule has 0 saturated heterocycles. The van der Waals surface area contributed by atoms with E-state index >= 15 is 0 Å². The van der Waals surface area contributed by atoms with E-state index < -0.39 is 16.1 Å². The maximum atomic E-state index is 12.2. The minimum Gasteiger partial charge on any atom is -0.392 e. The molecule has 2 heterocycles. The normalized spacial score (nSPS) is 13.8. The van der Waals surface area contributed by atoms with Gasteiger partial charge >= 0.3 is 0 Å². The third kappa shape index (κ3) is 2.89. The zero-order chi connectivity index (χ0) is 14.0. The highest BCUT2D eigenvalue weighted by atomic mass is 35.5. The number of nitrogens with zero attached hydrogens (tertiary/aromatic N) is 2. The zero-order valence-electron chi connectivity index (χ0n) is 10.2. The molecule has 6 nitrogen and oxygen atoms in total. The van der Waals surface area contributed by atoms with Crippen molar-refractivity contribution in [2.75, 3.05) is 6.54 Å². The molecule has 1 atom stereocenters. The smallest absolute Gasteiger partial charge is 0.259 e. The molecule has 0 spiro atoms. The van der Waals surface area contributed by atoms with Gasteiger partial charge in [0.1, 0.15) is 5.65 Å². The Bertz CT molecular complexity index is 684. The summed E-state index contributed by atoms with van der Waals surface area (Å²) < 4.78 is 28.1. The maximum absolute atomic E-state index is 12.2. The molecule has 1 unspecified atom stereocenters. The van der Waals surface area contributed by atoms with Gasteiger partial charge in [-0.1, -0.05) is 24.6 Å². The number of aromatic nitrogens is 2. The fourth-order valence-electron chi connectivity index (χ4n) is 1.60. The van der Waals surface area contributed by atoms with Crippen LogP contribution in [-0.2, 0) is 10.0 Å². The minimum atomic E-state index is -3.82. The van der Waals surface area contributed by atoms with Crippen LogP contribution in [0.5, 0.6) is 0 Å². The number of hydrogen-bond acceptors (Lipinski definition) is 4. The van der Waals surface area contributed by atoms with Crippen LogP contribution in [0.1, 0.15) is 13.3 Å². The monoisotopic (exact) mass is 303 g/mol. The highest BCUT2D eigenvalue weighted by Crippen LogP contribution is 2.22.